The van der Waals surface area contributed by atoms with Gasteiger partial charge in [0.05, 0.1) is 4.91 Å². The molecule has 0 saturated heterocycles. The lowest BCUT2D eigenvalue weighted by Crippen LogP contribution is -2.07. The molecule has 0 spiro atoms. The third-order valence-electron chi connectivity index (χ3n) is 0.826. The number of rotatable bonds is 1. The summed E-state index contributed by atoms with van der Waals surface area (Å²) in [6.45, 7) is 2.10. The predicted molar refractivity (Wildman–Crippen MR) is 42.5 cm³/mol. The van der Waals surface area contributed by atoms with Gasteiger partial charge in [0.2, 0.25) is 0 Å². The van der Waals surface area contributed by atoms with E-state index >= 15 is 0 Å². The second kappa shape index (κ2) is 2.64. The molecule has 0 radical (unpaired) electrons. The maximum absolute atomic E-state index is 4.16. The summed E-state index contributed by atoms with van der Waals surface area (Å²) in [6, 6.07) is 0. The van der Waals surface area contributed by atoms with Crippen molar-refractivity contribution in [3.05, 3.63) is 9.98 Å². The van der Waals surface area contributed by atoms with Crippen LogP contribution in [-0.2, 0) is 0 Å². The van der Waals surface area contributed by atoms with Crippen molar-refractivity contribution < 1.29 is 0 Å². The summed E-state index contributed by atoms with van der Waals surface area (Å²) >= 11 is 4.96. The average molecular weight is 190 g/mol. The average Bonchev–Trinajstić information content (AvgIpc) is 2.14. The Morgan fingerprint density at radius 3 is 2.88 bits per heavy atom. The van der Waals surface area contributed by atoms with E-state index in [1.807, 2.05) is 5.38 Å². The van der Waals surface area contributed by atoms with E-state index in [0.29, 0.717) is 0 Å². The molecule has 1 heterocycles. The molecule has 0 unspecified atom stereocenters. The Balaban J connectivity index is 2.84. The van der Waals surface area contributed by atoms with E-state index in [2.05, 4.69) is 27.7 Å². The summed E-state index contributed by atoms with van der Waals surface area (Å²) in [7, 11) is 1.04. The molecule has 0 amide bonds. The summed E-state index contributed by atoms with van der Waals surface area (Å²) in [5.41, 5.74) is 0. The molecule has 42 valence electrons. The lowest BCUT2D eigenvalue weighted by atomic mass is 9.84. The van der Waals surface area contributed by atoms with Gasteiger partial charge in [-0.25, -0.2) is 4.98 Å². The standard InChI is InChI=1S/C4H5BBrNS/c1-5-4-7-3(6)2-8-4/h2,5H,1H3. The third-order valence-corrected chi connectivity index (χ3v) is 2.53. The van der Waals surface area contributed by atoms with E-state index in [9.17, 15) is 0 Å². The van der Waals surface area contributed by atoms with Crippen molar-refractivity contribution >= 4 is 39.5 Å². The number of nitrogens with zero attached hydrogens (tertiary/aromatic N) is 1. The van der Waals surface area contributed by atoms with Gasteiger partial charge in [0.25, 0.3) is 0 Å². The summed E-state index contributed by atoms with van der Waals surface area (Å²) < 4.78 is 0.958. The second-order valence-corrected chi connectivity index (χ2v) is 3.17. The van der Waals surface area contributed by atoms with Gasteiger partial charge in [-0.2, -0.15) is 0 Å². The Bertz CT molecular complexity index is 176. The first kappa shape index (κ1) is 6.30. The van der Waals surface area contributed by atoms with Crippen LogP contribution >= 0.6 is 27.3 Å². The van der Waals surface area contributed by atoms with Gasteiger partial charge >= 0.3 is 0 Å². The van der Waals surface area contributed by atoms with Crippen LogP contribution in [0.1, 0.15) is 0 Å². The smallest absolute Gasteiger partial charge is 0.192 e. The Morgan fingerprint density at radius 2 is 2.62 bits per heavy atom. The lowest BCUT2D eigenvalue weighted by molar-refractivity contribution is 1.41. The van der Waals surface area contributed by atoms with Crippen LogP contribution in [0.3, 0.4) is 0 Å². The molecule has 0 aliphatic carbocycles. The highest BCUT2D eigenvalue weighted by Gasteiger charge is 1.94. The van der Waals surface area contributed by atoms with Crippen LogP contribution in [0, 0.1) is 0 Å². The molecule has 0 aliphatic heterocycles. The maximum atomic E-state index is 4.16. The van der Waals surface area contributed by atoms with E-state index in [1.54, 1.807) is 11.3 Å². The van der Waals surface area contributed by atoms with Gasteiger partial charge in [0.15, 0.2) is 7.28 Å². The van der Waals surface area contributed by atoms with Crippen LogP contribution in [0.25, 0.3) is 0 Å². The van der Waals surface area contributed by atoms with Crippen molar-refractivity contribution in [3.8, 4) is 0 Å². The fourth-order valence-electron chi connectivity index (χ4n) is 0.451. The third kappa shape index (κ3) is 1.32. The molecule has 8 heavy (non-hydrogen) atoms. The lowest BCUT2D eigenvalue weighted by Gasteiger charge is -1.76. The van der Waals surface area contributed by atoms with Crippen LogP contribution in [0.2, 0.25) is 6.82 Å². The largest absolute Gasteiger partial charge is 0.245 e. The van der Waals surface area contributed by atoms with Crippen LogP contribution in [0.15, 0.2) is 9.98 Å². The van der Waals surface area contributed by atoms with Crippen LogP contribution < -0.4 is 4.91 Å². The summed E-state index contributed by atoms with van der Waals surface area (Å²) in [4.78, 5) is 5.36. The number of aromatic nitrogens is 1. The molecule has 4 heteroatoms. The normalized spacial score (nSPS) is 9.25. The summed E-state index contributed by atoms with van der Waals surface area (Å²) in [6.07, 6.45) is 0. The Hall–Kier alpha value is 0.175. The first-order valence-corrected chi connectivity index (χ1v) is 4.10. The van der Waals surface area contributed by atoms with Gasteiger partial charge in [-0.1, -0.05) is 6.82 Å². The monoisotopic (exact) mass is 189 g/mol. The molecule has 0 atom stereocenters. The van der Waals surface area contributed by atoms with E-state index in [0.717, 1.165) is 11.9 Å². The van der Waals surface area contributed by atoms with Gasteiger partial charge in [0, 0.05) is 5.38 Å². The van der Waals surface area contributed by atoms with E-state index in [1.165, 1.54) is 4.91 Å². The van der Waals surface area contributed by atoms with Crippen molar-refractivity contribution in [1.29, 1.82) is 0 Å². The molecule has 1 nitrogen and oxygen atoms in total. The Labute approximate surface area is 61.5 Å². The SMILES string of the molecule is CBc1nc(Br)cs1. The maximum Gasteiger partial charge on any atom is 0.192 e. The molecule has 0 aliphatic rings. The summed E-state index contributed by atoms with van der Waals surface area (Å²) in [5.74, 6) is 0. The zero-order chi connectivity index (χ0) is 5.98. The minimum Gasteiger partial charge on any atom is -0.245 e. The Kier molecular flexibility index (Phi) is 2.08. The topological polar surface area (TPSA) is 12.9 Å². The van der Waals surface area contributed by atoms with Gasteiger partial charge in [-0.05, 0) is 15.9 Å². The van der Waals surface area contributed by atoms with Crippen LogP contribution in [0.5, 0.6) is 0 Å². The fourth-order valence-corrected chi connectivity index (χ4v) is 1.67. The number of thiazole rings is 1. The highest BCUT2D eigenvalue weighted by Crippen LogP contribution is 2.05. The molecular weight excluding hydrogens is 185 g/mol. The fraction of sp³-hybridized carbons (Fsp3) is 0.250. The van der Waals surface area contributed by atoms with Gasteiger partial charge in [-0.15, -0.1) is 11.3 Å². The van der Waals surface area contributed by atoms with Crippen LogP contribution in [0.4, 0.5) is 0 Å². The highest BCUT2D eigenvalue weighted by atomic mass is 79.9. The predicted octanol–water partition coefficient (Wildman–Crippen LogP) is 1.02. The summed E-state index contributed by atoms with van der Waals surface area (Å²) in [5, 5.41) is 2.00. The number of hydrogen-bond donors (Lipinski definition) is 0. The zero-order valence-electron chi connectivity index (χ0n) is 4.52. The molecule has 0 bridgehead atoms. The van der Waals surface area contributed by atoms with E-state index < -0.39 is 0 Å². The minimum atomic E-state index is 0.958. The first-order chi connectivity index (χ1) is 3.83. The minimum absolute atomic E-state index is 0.958. The molecule has 0 fully saturated rings. The van der Waals surface area contributed by atoms with Gasteiger partial charge in [-0.3, -0.25) is 0 Å². The molecule has 1 aromatic heterocycles. The molecular formula is C4H5BBrNS. The van der Waals surface area contributed by atoms with Crippen molar-refractivity contribution in [2.75, 3.05) is 0 Å². The van der Waals surface area contributed by atoms with Crippen molar-refractivity contribution in [2.24, 2.45) is 0 Å². The Morgan fingerprint density at radius 1 is 1.88 bits per heavy atom. The first-order valence-electron chi connectivity index (χ1n) is 2.43. The quantitative estimate of drug-likeness (QED) is 0.602. The van der Waals surface area contributed by atoms with E-state index in [-0.39, 0.29) is 0 Å². The molecule has 1 rings (SSSR count). The van der Waals surface area contributed by atoms with Crippen LogP contribution in [-0.4, -0.2) is 12.3 Å². The zero-order valence-corrected chi connectivity index (χ0v) is 6.92. The highest BCUT2D eigenvalue weighted by molar-refractivity contribution is 9.10. The van der Waals surface area contributed by atoms with E-state index in [4.69, 9.17) is 0 Å². The number of hydrogen-bond acceptors (Lipinski definition) is 2. The second-order valence-electron chi connectivity index (χ2n) is 1.42. The molecule has 0 aromatic carbocycles. The van der Waals surface area contributed by atoms with Crippen molar-refractivity contribution in [3.63, 3.8) is 0 Å². The molecule has 0 N–H and O–H groups in total. The molecule has 1 aromatic rings. The number of halogens is 1. The van der Waals surface area contributed by atoms with Crippen molar-refractivity contribution in [1.82, 2.24) is 4.98 Å². The van der Waals surface area contributed by atoms with Gasteiger partial charge < -0.3 is 0 Å². The molecule has 0 saturated carbocycles. The van der Waals surface area contributed by atoms with Crippen molar-refractivity contribution in [2.45, 2.75) is 6.82 Å². The van der Waals surface area contributed by atoms with Gasteiger partial charge in [0.1, 0.15) is 4.60 Å².